The van der Waals surface area contributed by atoms with Crippen LogP contribution in [0.1, 0.15) is 21.7 Å². The van der Waals surface area contributed by atoms with Crippen molar-refractivity contribution >= 4 is 46.5 Å². The number of imide groups is 1. The highest BCUT2D eigenvalue weighted by Gasteiger charge is 2.36. The zero-order valence-corrected chi connectivity index (χ0v) is 18.8. The van der Waals surface area contributed by atoms with Crippen molar-refractivity contribution in [3.63, 3.8) is 0 Å². The number of carbonyl (C=O) groups excluding carboxylic acids is 3. The molecular formula is C24H16F2N2O6S. The summed E-state index contributed by atoms with van der Waals surface area (Å²) < 4.78 is 32.5. The first kappa shape index (κ1) is 23.9. The first-order chi connectivity index (χ1) is 16.6. The molecule has 4 rings (SSSR count). The van der Waals surface area contributed by atoms with E-state index >= 15 is 0 Å². The average Bonchev–Trinajstić information content (AvgIpc) is 3.35. The maximum absolute atomic E-state index is 13.7. The third-order valence-corrected chi connectivity index (χ3v) is 5.93. The zero-order valence-electron chi connectivity index (χ0n) is 18.0. The summed E-state index contributed by atoms with van der Waals surface area (Å²) in [6.45, 7) is 1.08. The summed E-state index contributed by atoms with van der Waals surface area (Å²) in [4.78, 5) is 49.0. The SMILES string of the molecule is Cc1cc(C(=O)O)ccc1-c1ccc(/C=C2\SC(=O)N(CC(=O)Nc3ccc(F)cc3F)C2=O)o1. The Kier molecular flexibility index (Phi) is 6.52. The van der Waals surface area contributed by atoms with Crippen LogP contribution in [-0.4, -0.2) is 39.6 Å². The van der Waals surface area contributed by atoms with E-state index in [-0.39, 0.29) is 21.9 Å². The summed E-state index contributed by atoms with van der Waals surface area (Å²) in [7, 11) is 0. The molecule has 0 unspecified atom stereocenters. The number of carboxylic acid groups (broad SMARTS) is 1. The molecule has 0 spiro atoms. The van der Waals surface area contributed by atoms with Crippen molar-refractivity contribution in [1.82, 2.24) is 4.90 Å². The van der Waals surface area contributed by atoms with Crippen LogP contribution in [0.15, 0.2) is 57.9 Å². The third-order valence-electron chi connectivity index (χ3n) is 5.02. The van der Waals surface area contributed by atoms with E-state index < -0.39 is 41.2 Å². The zero-order chi connectivity index (χ0) is 25.3. The van der Waals surface area contributed by atoms with E-state index in [9.17, 15) is 28.0 Å². The van der Waals surface area contributed by atoms with Gasteiger partial charge in [0, 0.05) is 17.7 Å². The van der Waals surface area contributed by atoms with Gasteiger partial charge in [0.1, 0.15) is 29.7 Å². The van der Waals surface area contributed by atoms with Crippen molar-refractivity contribution in [3.8, 4) is 11.3 Å². The Labute approximate surface area is 201 Å². The van der Waals surface area contributed by atoms with Gasteiger partial charge in [0.15, 0.2) is 0 Å². The van der Waals surface area contributed by atoms with Crippen molar-refractivity contribution in [2.24, 2.45) is 0 Å². The van der Waals surface area contributed by atoms with Gasteiger partial charge in [-0.05, 0) is 60.6 Å². The molecule has 1 fully saturated rings. The molecule has 1 aromatic heterocycles. The Morgan fingerprint density at radius 2 is 1.89 bits per heavy atom. The number of carbonyl (C=O) groups is 4. The maximum Gasteiger partial charge on any atom is 0.335 e. The topological polar surface area (TPSA) is 117 Å². The van der Waals surface area contributed by atoms with Crippen molar-refractivity contribution in [2.45, 2.75) is 6.92 Å². The normalized spacial score (nSPS) is 14.6. The summed E-state index contributed by atoms with van der Waals surface area (Å²) >= 11 is 0.613. The molecule has 35 heavy (non-hydrogen) atoms. The van der Waals surface area contributed by atoms with Gasteiger partial charge in [0.25, 0.3) is 11.1 Å². The van der Waals surface area contributed by atoms with Crippen LogP contribution in [0.5, 0.6) is 0 Å². The molecule has 1 aliphatic rings. The number of hydrogen-bond donors (Lipinski definition) is 2. The van der Waals surface area contributed by atoms with Gasteiger partial charge >= 0.3 is 5.97 Å². The number of furan rings is 1. The molecule has 0 radical (unpaired) electrons. The molecule has 3 amide bonds. The molecular weight excluding hydrogens is 482 g/mol. The third kappa shape index (κ3) is 5.14. The van der Waals surface area contributed by atoms with E-state index in [1.807, 2.05) is 0 Å². The van der Waals surface area contributed by atoms with E-state index in [0.29, 0.717) is 39.6 Å². The number of hydrogen-bond acceptors (Lipinski definition) is 6. The Morgan fingerprint density at radius 3 is 2.57 bits per heavy atom. The minimum atomic E-state index is -1.05. The standard InChI is InChI=1S/C24H16F2N2O6S/c1-12-8-13(23(31)32)2-5-16(12)19-7-4-15(34-19)10-20-22(30)28(24(33)35-20)11-21(29)27-18-6-3-14(25)9-17(18)26/h2-10H,11H2,1H3,(H,27,29)(H,31,32)/b20-10-. The fourth-order valence-electron chi connectivity index (χ4n) is 3.34. The predicted octanol–water partition coefficient (Wildman–Crippen LogP) is 4.91. The van der Waals surface area contributed by atoms with E-state index in [1.54, 1.807) is 25.1 Å². The van der Waals surface area contributed by atoms with Crippen LogP contribution >= 0.6 is 11.8 Å². The van der Waals surface area contributed by atoms with Crippen LogP contribution in [0.4, 0.5) is 19.3 Å². The largest absolute Gasteiger partial charge is 0.478 e. The number of nitrogens with zero attached hydrogens (tertiary/aromatic N) is 1. The Morgan fingerprint density at radius 1 is 1.11 bits per heavy atom. The molecule has 3 aromatic rings. The maximum atomic E-state index is 13.7. The number of carboxylic acids is 1. The first-order valence-corrected chi connectivity index (χ1v) is 10.9. The lowest BCUT2D eigenvalue weighted by molar-refractivity contribution is -0.127. The number of rotatable bonds is 6. The van der Waals surface area contributed by atoms with Gasteiger partial charge in [-0.25, -0.2) is 13.6 Å². The second-order valence-electron chi connectivity index (χ2n) is 7.48. The summed E-state index contributed by atoms with van der Waals surface area (Å²) in [6.07, 6.45) is 1.35. The van der Waals surface area contributed by atoms with Crippen LogP contribution < -0.4 is 5.32 Å². The van der Waals surface area contributed by atoms with Crippen LogP contribution in [0.3, 0.4) is 0 Å². The molecule has 8 nitrogen and oxygen atoms in total. The molecule has 0 aliphatic carbocycles. The van der Waals surface area contributed by atoms with Gasteiger partial charge in [0.05, 0.1) is 16.2 Å². The number of amides is 3. The van der Waals surface area contributed by atoms with Crippen molar-refractivity contribution < 1.29 is 37.5 Å². The Hall–Kier alpha value is -4.25. The highest BCUT2D eigenvalue weighted by Crippen LogP contribution is 2.34. The second-order valence-corrected chi connectivity index (χ2v) is 8.47. The predicted molar refractivity (Wildman–Crippen MR) is 124 cm³/mol. The number of aromatic carboxylic acids is 1. The quantitative estimate of drug-likeness (QED) is 0.464. The highest BCUT2D eigenvalue weighted by atomic mass is 32.2. The molecule has 1 aliphatic heterocycles. The number of anilines is 1. The molecule has 0 saturated carbocycles. The molecule has 0 bridgehead atoms. The number of aryl methyl sites for hydroxylation is 1. The van der Waals surface area contributed by atoms with Crippen LogP contribution in [0.25, 0.3) is 17.4 Å². The fraction of sp³-hybridized carbons (Fsp3) is 0.0833. The highest BCUT2D eigenvalue weighted by molar-refractivity contribution is 8.18. The van der Waals surface area contributed by atoms with E-state index in [0.717, 1.165) is 12.1 Å². The lowest BCUT2D eigenvalue weighted by atomic mass is 10.0. The summed E-state index contributed by atoms with van der Waals surface area (Å²) in [6, 6.07) is 10.4. The second kappa shape index (κ2) is 9.55. The number of thioether (sulfide) groups is 1. The fourth-order valence-corrected chi connectivity index (χ4v) is 4.16. The molecule has 0 atom stereocenters. The lowest BCUT2D eigenvalue weighted by Gasteiger charge is -2.12. The van der Waals surface area contributed by atoms with Crippen molar-refractivity contribution in [1.29, 1.82) is 0 Å². The van der Waals surface area contributed by atoms with Crippen molar-refractivity contribution in [3.05, 3.63) is 82.0 Å². The van der Waals surface area contributed by atoms with Gasteiger partial charge in [-0.1, -0.05) is 6.07 Å². The lowest BCUT2D eigenvalue weighted by Crippen LogP contribution is -2.36. The smallest absolute Gasteiger partial charge is 0.335 e. The van der Waals surface area contributed by atoms with Crippen LogP contribution in [-0.2, 0) is 9.59 Å². The molecule has 2 N–H and O–H groups in total. The van der Waals surface area contributed by atoms with Gasteiger partial charge in [-0.3, -0.25) is 19.3 Å². The van der Waals surface area contributed by atoms with Gasteiger partial charge in [-0.15, -0.1) is 0 Å². The van der Waals surface area contributed by atoms with E-state index in [1.165, 1.54) is 18.2 Å². The minimum absolute atomic E-state index is 0.0228. The molecule has 11 heteroatoms. The number of nitrogens with one attached hydrogen (secondary N) is 1. The molecule has 1 saturated heterocycles. The minimum Gasteiger partial charge on any atom is -0.478 e. The molecule has 2 heterocycles. The summed E-state index contributed by atoms with van der Waals surface area (Å²) in [5, 5.41) is 10.6. The number of halogens is 2. The van der Waals surface area contributed by atoms with E-state index in [4.69, 9.17) is 9.52 Å². The molecule has 178 valence electrons. The Bertz CT molecular complexity index is 1410. The van der Waals surface area contributed by atoms with Gasteiger partial charge in [-0.2, -0.15) is 0 Å². The van der Waals surface area contributed by atoms with Crippen LogP contribution in [0.2, 0.25) is 0 Å². The summed E-state index contributed by atoms with van der Waals surface area (Å²) in [5.74, 6) is -3.71. The Balaban J connectivity index is 1.47. The van der Waals surface area contributed by atoms with Gasteiger partial charge < -0.3 is 14.8 Å². The molecule has 2 aromatic carbocycles. The van der Waals surface area contributed by atoms with Gasteiger partial charge in [0.2, 0.25) is 5.91 Å². The summed E-state index contributed by atoms with van der Waals surface area (Å²) in [5.41, 5.74) is 1.19. The van der Waals surface area contributed by atoms with E-state index in [2.05, 4.69) is 5.32 Å². The average molecular weight is 498 g/mol. The van der Waals surface area contributed by atoms with Crippen LogP contribution in [0, 0.1) is 18.6 Å². The monoisotopic (exact) mass is 498 g/mol. The number of benzene rings is 2. The first-order valence-electron chi connectivity index (χ1n) is 10.1. The van der Waals surface area contributed by atoms with Crippen molar-refractivity contribution in [2.75, 3.05) is 11.9 Å².